The number of benzene rings is 1. The average molecular weight is 368 g/mol. The van der Waals surface area contributed by atoms with Crippen LogP contribution in [0.1, 0.15) is 26.2 Å². The molecule has 0 spiro atoms. The molecule has 1 aromatic heterocycles. The molecule has 2 bridgehead atoms. The van der Waals surface area contributed by atoms with Crippen LogP contribution in [0.5, 0.6) is 0 Å². The van der Waals surface area contributed by atoms with Crippen molar-refractivity contribution in [2.24, 2.45) is 5.92 Å². The van der Waals surface area contributed by atoms with Crippen LogP contribution in [0, 0.1) is 5.92 Å². The van der Waals surface area contributed by atoms with E-state index >= 15 is 0 Å². The van der Waals surface area contributed by atoms with Gasteiger partial charge in [-0.05, 0) is 25.3 Å². The van der Waals surface area contributed by atoms with Gasteiger partial charge in [-0.2, -0.15) is 5.10 Å². The topological polar surface area (TPSA) is 75.5 Å². The van der Waals surface area contributed by atoms with Gasteiger partial charge in [-0.1, -0.05) is 25.1 Å². The molecule has 7 nitrogen and oxygen atoms in total. The highest BCUT2D eigenvalue weighted by atomic mass is 16.2. The maximum atomic E-state index is 12.9. The van der Waals surface area contributed by atoms with Gasteiger partial charge < -0.3 is 9.80 Å². The van der Waals surface area contributed by atoms with Crippen molar-refractivity contribution in [2.45, 2.75) is 38.8 Å². The molecule has 2 atom stereocenters. The van der Waals surface area contributed by atoms with E-state index in [-0.39, 0.29) is 35.9 Å². The van der Waals surface area contributed by atoms with Crippen LogP contribution in [-0.4, -0.2) is 57.1 Å². The fourth-order valence-electron chi connectivity index (χ4n) is 4.25. The summed E-state index contributed by atoms with van der Waals surface area (Å²) < 4.78 is 1.23. The Balaban J connectivity index is 1.55. The van der Waals surface area contributed by atoms with Gasteiger partial charge in [-0.25, -0.2) is 4.68 Å². The van der Waals surface area contributed by atoms with Gasteiger partial charge in [0.15, 0.2) is 0 Å². The summed E-state index contributed by atoms with van der Waals surface area (Å²) in [6.45, 7) is 3.70. The van der Waals surface area contributed by atoms with Gasteiger partial charge in [0.1, 0.15) is 6.54 Å². The van der Waals surface area contributed by atoms with Crippen molar-refractivity contribution in [3.63, 3.8) is 0 Å². The lowest BCUT2D eigenvalue weighted by atomic mass is 9.94. The number of hydrogen-bond acceptors (Lipinski definition) is 4. The minimum absolute atomic E-state index is 0.0847. The zero-order valence-corrected chi connectivity index (χ0v) is 15.5. The summed E-state index contributed by atoms with van der Waals surface area (Å²) in [4.78, 5) is 41.8. The van der Waals surface area contributed by atoms with Crippen LogP contribution >= 0.6 is 0 Å². The van der Waals surface area contributed by atoms with E-state index in [0.29, 0.717) is 18.5 Å². The Morgan fingerprint density at radius 3 is 2.81 bits per heavy atom. The third-order valence-electron chi connectivity index (χ3n) is 5.66. The average Bonchev–Trinajstić information content (AvgIpc) is 2.97. The molecule has 0 unspecified atom stereocenters. The van der Waals surface area contributed by atoms with E-state index in [9.17, 15) is 14.4 Å². The molecule has 0 aliphatic carbocycles. The van der Waals surface area contributed by atoms with Gasteiger partial charge in [0.25, 0.3) is 5.56 Å². The van der Waals surface area contributed by atoms with Gasteiger partial charge in [0, 0.05) is 31.1 Å². The first kappa shape index (κ1) is 17.7. The van der Waals surface area contributed by atoms with Crippen molar-refractivity contribution in [2.75, 3.05) is 19.6 Å². The first-order valence-corrected chi connectivity index (χ1v) is 9.61. The fraction of sp³-hybridized carbons (Fsp3) is 0.500. The van der Waals surface area contributed by atoms with Crippen molar-refractivity contribution in [3.8, 4) is 0 Å². The van der Waals surface area contributed by atoms with Crippen molar-refractivity contribution in [1.82, 2.24) is 19.6 Å². The van der Waals surface area contributed by atoms with Crippen LogP contribution in [0.3, 0.4) is 0 Å². The van der Waals surface area contributed by atoms with Crippen LogP contribution in [0.4, 0.5) is 0 Å². The van der Waals surface area contributed by atoms with Crippen LogP contribution < -0.4 is 5.56 Å². The predicted molar refractivity (Wildman–Crippen MR) is 101 cm³/mol. The van der Waals surface area contributed by atoms with E-state index in [4.69, 9.17) is 0 Å². The van der Waals surface area contributed by atoms with Crippen molar-refractivity contribution in [1.29, 1.82) is 0 Å². The Labute approximate surface area is 157 Å². The molecule has 0 N–H and O–H groups in total. The molecule has 3 saturated heterocycles. The SMILES string of the molecule is CCCN1C(=O)[C@@H]2CC[C@H]1CN(C(=O)Cn1ncc3ccccc3c1=O)C2. The molecule has 0 saturated carbocycles. The summed E-state index contributed by atoms with van der Waals surface area (Å²) in [7, 11) is 0. The largest absolute Gasteiger partial charge is 0.338 e. The number of rotatable bonds is 4. The standard InChI is InChI=1S/C20H24N4O3/c1-2-9-23-16-8-7-15(19(23)26)11-22(12-16)18(25)13-24-20(27)17-6-4-3-5-14(17)10-21-24/h3-6,10,15-16H,2,7-9,11-13H2,1H3/t15-,16+/m1/s1. The molecule has 3 aliphatic heterocycles. The lowest BCUT2D eigenvalue weighted by Gasteiger charge is -2.35. The second-order valence-electron chi connectivity index (χ2n) is 7.45. The Morgan fingerprint density at radius 1 is 1.19 bits per heavy atom. The molecule has 4 heterocycles. The first-order valence-electron chi connectivity index (χ1n) is 9.61. The molecule has 7 heteroatoms. The summed E-state index contributed by atoms with van der Waals surface area (Å²) in [5, 5.41) is 5.48. The minimum Gasteiger partial charge on any atom is -0.338 e. The second-order valence-corrected chi connectivity index (χ2v) is 7.45. The number of piperidine rings is 1. The Bertz CT molecular complexity index is 938. The fourth-order valence-corrected chi connectivity index (χ4v) is 4.25. The maximum Gasteiger partial charge on any atom is 0.275 e. The third kappa shape index (κ3) is 3.22. The lowest BCUT2D eigenvalue weighted by Crippen LogP contribution is -2.48. The van der Waals surface area contributed by atoms with Crippen LogP contribution in [0.25, 0.3) is 10.8 Å². The van der Waals surface area contributed by atoms with E-state index in [1.165, 1.54) is 4.68 Å². The lowest BCUT2D eigenvalue weighted by molar-refractivity contribution is -0.139. The molecule has 0 radical (unpaired) electrons. The summed E-state index contributed by atoms with van der Waals surface area (Å²) in [6, 6.07) is 7.31. The molecule has 1 aromatic carbocycles. The Morgan fingerprint density at radius 2 is 2.00 bits per heavy atom. The highest BCUT2D eigenvalue weighted by molar-refractivity contribution is 5.83. The first-order chi connectivity index (χ1) is 13.1. The zero-order chi connectivity index (χ0) is 19.0. The number of nitrogens with zero attached hydrogens (tertiary/aromatic N) is 4. The highest BCUT2D eigenvalue weighted by Crippen LogP contribution is 2.29. The molecule has 3 aliphatic rings. The second kappa shape index (κ2) is 7.13. The molecule has 2 amide bonds. The van der Waals surface area contributed by atoms with E-state index in [0.717, 1.165) is 31.2 Å². The number of fused-ring (bicyclic) bond motifs is 5. The van der Waals surface area contributed by atoms with E-state index in [1.54, 1.807) is 23.2 Å². The number of hydrogen-bond donors (Lipinski definition) is 0. The van der Waals surface area contributed by atoms with E-state index in [1.807, 2.05) is 17.0 Å². The summed E-state index contributed by atoms with van der Waals surface area (Å²) in [5.41, 5.74) is -0.261. The van der Waals surface area contributed by atoms with E-state index in [2.05, 4.69) is 12.0 Å². The van der Waals surface area contributed by atoms with Crippen molar-refractivity contribution >= 4 is 22.6 Å². The molecule has 3 fully saturated rings. The van der Waals surface area contributed by atoms with Gasteiger partial charge in [0.2, 0.25) is 11.8 Å². The van der Waals surface area contributed by atoms with Crippen LogP contribution in [0.15, 0.2) is 35.3 Å². The number of carbonyl (C=O) groups is 2. The monoisotopic (exact) mass is 368 g/mol. The predicted octanol–water partition coefficient (Wildman–Crippen LogP) is 1.26. The quantitative estimate of drug-likeness (QED) is 0.814. The van der Waals surface area contributed by atoms with Crippen molar-refractivity contribution in [3.05, 3.63) is 40.8 Å². The van der Waals surface area contributed by atoms with Crippen LogP contribution in [-0.2, 0) is 16.1 Å². The zero-order valence-electron chi connectivity index (χ0n) is 15.5. The maximum absolute atomic E-state index is 12.9. The molecule has 2 aromatic rings. The molecular formula is C20H24N4O3. The normalized spacial score (nSPS) is 22.3. The highest BCUT2D eigenvalue weighted by Gasteiger charge is 2.41. The molecular weight excluding hydrogens is 344 g/mol. The van der Waals surface area contributed by atoms with Gasteiger partial charge >= 0.3 is 0 Å². The molecule has 5 rings (SSSR count). The smallest absolute Gasteiger partial charge is 0.275 e. The summed E-state index contributed by atoms with van der Waals surface area (Å²) >= 11 is 0. The van der Waals surface area contributed by atoms with Gasteiger partial charge in [-0.15, -0.1) is 0 Å². The van der Waals surface area contributed by atoms with E-state index < -0.39 is 0 Å². The Hall–Kier alpha value is -2.70. The van der Waals surface area contributed by atoms with Gasteiger partial charge in [0.05, 0.1) is 17.5 Å². The molecule has 142 valence electrons. The third-order valence-corrected chi connectivity index (χ3v) is 5.66. The van der Waals surface area contributed by atoms with Gasteiger partial charge in [-0.3, -0.25) is 14.4 Å². The summed E-state index contributed by atoms with van der Waals surface area (Å²) in [5.74, 6) is -0.104. The minimum atomic E-state index is -0.261. The number of aromatic nitrogens is 2. The number of carbonyl (C=O) groups excluding carboxylic acids is 2. The Kier molecular flexibility index (Phi) is 4.68. The number of amides is 2. The van der Waals surface area contributed by atoms with Crippen LogP contribution in [0.2, 0.25) is 0 Å². The molecule has 27 heavy (non-hydrogen) atoms. The van der Waals surface area contributed by atoms with Crippen molar-refractivity contribution < 1.29 is 9.59 Å². The summed E-state index contributed by atoms with van der Waals surface area (Å²) in [6.07, 6.45) is 4.30.